The Hall–Kier alpha value is -1.14. The van der Waals surface area contributed by atoms with Crippen molar-refractivity contribution >= 4 is 34.2 Å². The van der Waals surface area contributed by atoms with Gasteiger partial charge in [-0.2, -0.15) is 13.2 Å². The van der Waals surface area contributed by atoms with Crippen LogP contribution in [-0.4, -0.2) is 15.1 Å². The maximum absolute atomic E-state index is 12.3. The summed E-state index contributed by atoms with van der Waals surface area (Å²) < 4.78 is 37.0. The first kappa shape index (κ1) is 11.3. The quantitative estimate of drug-likeness (QED) is 0.769. The van der Waals surface area contributed by atoms with E-state index in [1.165, 1.54) is 0 Å². The monoisotopic (exact) mass is 270 g/mol. The number of nitrogens with zero attached hydrogens (tertiary/aromatic N) is 1. The molecule has 1 aromatic heterocycles. The van der Waals surface area contributed by atoms with Crippen LogP contribution in [0.2, 0.25) is 10.0 Å². The average Bonchev–Trinajstić information content (AvgIpc) is 2.57. The molecule has 1 heterocycles. The molecule has 0 radical (unpaired) electrons. The first-order valence-electron chi connectivity index (χ1n) is 3.94. The number of aromatic hydroxyl groups is 1. The summed E-state index contributed by atoms with van der Waals surface area (Å²) in [4.78, 5) is 5.28. The number of H-pyrrole nitrogens is 1. The third-order valence-corrected chi connectivity index (χ3v) is 2.56. The normalized spacial score (nSPS) is 12.3. The van der Waals surface area contributed by atoms with Gasteiger partial charge in [0.05, 0.1) is 10.5 Å². The summed E-state index contributed by atoms with van der Waals surface area (Å²) in [5.74, 6) is -1.68. The number of phenolic OH excluding ortho intramolecular Hbond substituents is 1. The molecule has 0 saturated heterocycles. The summed E-state index contributed by atoms with van der Waals surface area (Å²) in [6.07, 6.45) is -4.61. The number of hydrogen-bond acceptors (Lipinski definition) is 2. The molecule has 0 unspecified atom stereocenters. The fourth-order valence-electron chi connectivity index (χ4n) is 1.20. The van der Waals surface area contributed by atoms with Gasteiger partial charge in [-0.15, -0.1) is 0 Å². The van der Waals surface area contributed by atoms with E-state index in [1.807, 2.05) is 4.98 Å². The number of hydrogen-bond donors (Lipinski definition) is 2. The van der Waals surface area contributed by atoms with Crippen LogP contribution in [0.25, 0.3) is 11.0 Å². The predicted molar refractivity (Wildman–Crippen MR) is 52.8 cm³/mol. The molecule has 0 aliphatic rings. The van der Waals surface area contributed by atoms with Gasteiger partial charge in [0.1, 0.15) is 10.5 Å². The van der Waals surface area contributed by atoms with E-state index in [2.05, 4.69) is 4.98 Å². The number of aromatic nitrogens is 2. The SMILES string of the molecule is Oc1c(Cl)cc2[nH]c(C(F)(F)F)nc2c1Cl. The second-order valence-corrected chi connectivity index (χ2v) is 3.79. The molecule has 0 saturated carbocycles. The first-order valence-corrected chi connectivity index (χ1v) is 4.70. The van der Waals surface area contributed by atoms with Crippen molar-refractivity contribution in [1.29, 1.82) is 0 Å². The number of imidazole rings is 1. The Labute approximate surface area is 96.8 Å². The smallest absolute Gasteiger partial charge is 0.449 e. The number of benzene rings is 1. The topological polar surface area (TPSA) is 48.9 Å². The van der Waals surface area contributed by atoms with Gasteiger partial charge >= 0.3 is 6.18 Å². The molecule has 0 amide bonds. The van der Waals surface area contributed by atoms with Crippen LogP contribution in [0, 0.1) is 0 Å². The minimum absolute atomic E-state index is 0.0140. The van der Waals surface area contributed by atoms with Crippen molar-refractivity contribution in [3.63, 3.8) is 0 Å². The lowest BCUT2D eigenvalue weighted by molar-refractivity contribution is -0.144. The Morgan fingerprint density at radius 3 is 2.50 bits per heavy atom. The van der Waals surface area contributed by atoms with Gasteiger partial charge in [-0.1, -0.05) is 23.2 Å². The second-order valence-electron chi connectivity index (χ2n) is 3.00. The minimum Gasteiger partial charge on any atom is -0.505 e. The number of halogens is 5. The molecule has 3 nitrogen and oxygen atoms in total. The lowest BCUT2D eigenvalue weighted by Gasteiger charge is -1.99. The highest BCUT2D eigenvalue weighted by Crippen LogP contribution is 2.39. The number of aromatic amines is 1. The van der Waals surface area contributed by atoms with Crippen molar-refractivity contribution in [1.82, 2.24) is 9.97 Å². The molecule has 16 heavy (non-hydrogen) atoms. The molecule has 2 N–H and O–H groups in total. The third kappa shape index (κ3) is 1.68. The van der Waals surface area contributed by atoms with E-state index >= 15 is 0 Å². The van der Waals surface area contributed by atoms with E-state index in [1.54, 1.807) is 0 Å². The van der Waals surface area contributed by atoms with Crippen LogP contribution >= 0.6 is 23.2 Å². The van der Waals surface area contributed by atoms with E-state index in [4.69, 9.17) is 23.2 Å². The fraction of sp³-hybridized carbons (Fsp3) is 0.125. The Kier molecular flexibility index (Phi) is 2.43. The summed E-state index contributed by atoms with van der Waals surface area (Å²) in [7, 11) is 0. The minimum atomic E-state index is -4.61. The lowest BCUT2D eigenvalue weighted by atomic mass is 10.3. The van der Waals surface area contributed by atoms with Crippen molar-refractivity contribution in [3.05, 3.63) is 21.9 Å². The van der Waals surface area contributed by atoms with Gasteiger partial charge in [-0.05, 0) is 6.07 Å². The maximum atomic E-state index is 12.3. The highest BCUT2D eigenvalue weighted by atomic mass is 35.5. The summed E-state index contributed by atoms with van der Waals surface area (Å²) in [5, 5.41) is 8.86. The zero-order chi connectivity index (χ0) is 12.1. The predicted octanol–water partition coefficient (Wildman–Crippen LogP) is 3.59. The fourth-order valence-corrected chi connectivity index (χ4v) is 1.70. The zero-order valence-corrected chi connectivity index (χ0v) is 8.87. The van der Waals surface area contributed by atoms with E-state index in [0.717, 1.165) is 6.07 Å². The molecule has 86 valence electrons. The van der Waals surface area contributed by atoms with Crippen molar-refractivity contribution in [2.24, 2.45) is 0 Å². The number of rotatable bonds is 0. The van der Waals surface area contributed by atoms with Crippen LogP contribution in [0.3, 0.4) is 0 Å². The van der Waals surface area contributed by atoms with Gasteiger partial charge in [-0.25, -0.2) is 4.98 Å². The molecule has 1 aromatic carbocycles. The van der Waals surface area contributed by atoms with E-state index in [9.17, 15) is 18.3 Å². The zero-order valence-electron chi connectivity index (χ0n) is 7.36. The summed E-state index contributed by atoms with van der Waals surface area (Å²) >= 11 is 11.2. The second kappa shape index (κ2) is 3.43. The Balaban J connectivity index is 2.77. The average molecular weight is 271 g/mol. The van der Waals surface area contributed by atoms with Crippen LogP contribution in [-0.2, 0) is 6.18 Å². The van der Waals surface area contributed by atoms with Crippen LogP contribution in [0.15, 0.2) is 6.07 Å². The molecule has 0 aliphatic heterocycles. The van der Waals surface area contributed by atoms with Gasteiger partial charge in [-0.3, -0.25) is 0 Å². The van der Waals surface area contributed by atoms with Gasteiger partial charge < -0.3 is 10.1 Å². The molecule has 0 atom stereocenters. The van der Waals surface area contributed by atoms with Gasteiger partial charge in [0.2, 0.25) is 5.82 Å². The molecule has 0 spiro atoms. The number of alkyl halides is 3. The highest BCUT2D eigenvalue weighted by Gasteiger charge is 2.35. The Bertz CT molecular complexity index is 564. The van der Waals surface area contributed by atoms with Crippen LogP contribution in [0.1, 0.15) is 5.82 Å². The van der Waals surface area contributed by atoms with E-state index in [0.29, 0.717) is 0 Å². The molecular formula is C8H3Cl2F3N2O. The molecule has 0 fully saturated rings. The van der Waals surface area contributed by atoms with Crippen molar-refractivity contribution in [3.8, 4) is 5.75 Å². The summed E-state index contributed by atoms with van der Waals surface area (Å²) in [6, 6.07) is 1.13. The van der Waals surface area contributed by atoms with Crippen molar-refractivity contribution < 1.29 is 18.3 Å². The maximum Gasteiger partial charge on any atom is 0.449 e. The molecule has 0 aliphatic carbocycles. The van der Waals surface area contributed by atoms with Gasteiger partial charge in [0.25, 0.3) is 0 Å². The summed E-state index contributed by atoms with van der Waals surface area (Å²) in [6.45, 7) is 0. The first-order chi connectivity index (χ1) is 7.30. The lowest BCUT2D eigenvalue weighted by Crippen LogP contribution is -2.06. The molecular weight excluding hydrogens is 268 g/mol. The van der Waals surface area contributed by atoms with Crippen molar-refractivity contribution in [2.45, 2.75) is 6.18 Å². The number of phenols is 1. The molecule has 2 aromatic rings. The number of fused-ring (bicyclic) bond motifs is 1. The Morgan fingerprint density at radius 1 is 1.31 bits per heavy atom. The Morgan fingerprint density at radius 2 is 1.94 bits per heavy atom. The third-order valence-electron chi connectivity index (χ3n) is 1.91. The standard InChI is InChI=1S/C8H3Cl2F3N2O/c9-2-1-3-5(4(10)6(2)16)15-7(14-3)8(11,12)13/h1,16H,(H,14,15). The van der Waals surface area contributed by atoms with Crippen molar-refractivity contribution in [2.75, 3.05) is 0 Å². The highest BCUT2D eigenvalue weighted by molar-refractivity contribution is 6.40. The van der Waals surface area contributed by atoms with Gasteiger partial charge in [0, 0.05) is 0 Å². The molecule has 8 heteroatoms. The van der Waals surface area contributed by atoms with Crippen LogP contribution in [0.4, 0.5) is 13.2 Å². The molecule has 0 bridgehead atoms. The van der Waals surface area contributed by atoms with Gasteiger partial charge in [0.15, 0.2) is 5.75 Å². The molecule has 2 rings (SSSR count). The van der Waals surface area contributed by atoms with E-state index < -0.39 is 17.8 Å². The summed E-state index contributed by atoms with van der Waals surface area (Å²) in [5.41, 5.74) is -0.156. The van der Waals surface area contributed by atoms with Crippen LogP contribution < -0.4 is 0 Å². The number of nitrogens with one attached hydrogen (secondary N) is 1. The largest absolute Gasteiger partial charge is 0.505 e. The van der Waals surface area contributed by atoms with Crippen LogP contribution in [0.5, 0.6) is 5.75 Å². The van der Waals surface area contributed by atoms with E-state index in [-0.39, 0.29) is 21.1 Å².